The van der Waals surface area contributed by atoms with Gasteiger partial charge in [-0.1, -0.05) is 12.1 Å². The molecule has 0 radical (unpaired) electrons. The molecule has 1 heterocycles. The second kappa shape index (κ2) is 6.63. The van der Waals surface area contributed by atoms with Gasteiger partial charge in [0.25, 0.3) is 5.56 Å². The van der Waals surface area contributed by atoms with E-state index in [-0.39, 0.29) is 11.6 Å². The molecule has 0 unspecified atom stereocenters. The van der Waals surface area contributed by atoms with Crippen LogP contribution >= 0.6 is 0 Å². The fourth-order valence-corrected chi connectivity index (χ4v) is 2.38. The van der Waals surface area contributed by atoms with Gasteiger partial charge in [0.2, 0.25) is 0 Å². The Morgan fingerprint density at radius 2 is 2.15 bits per heavy atom. The van der Waals surface area contributed by atoms with Crippen LogP contribution in [-0.2, 0) is 11.3 Å². The van der Waals surface area contributed by atoms with Crippen LogP contribution in [0.3, 0.4) is 0 Å². The van der Waals surface area contributed by atoms with E-state index in [1.807, 2.05) is 31.2 Å². The largest absolute Gasteiger partial charge is 0.379 e. The highest BCUT2D eigenvalue weighted by atomic mass is 16.5. The quantitative estimate of drug-likeness (QED) is 0.790. The Morgan fingerprint density at radius 1 is 1.40 bits per heavy atom. The third-order valence-corrected chi connectivity index (χ3v) is 3.46. The average Bonchev–Trinajstić information content (AvgIpc) is 2.47. The molecule has 0 spiro atoms. The van der Waals surface area contributed by atoms with Gasteiger partial charge in [-0.3, -0.25) is 9.36 Å². The minimum atomic E-state index is 0.0418. The third-order valence-electron chi connectivity index (χ3n) is 3.46. The van der Waals surface area contributed by atoms with Crippen LogP contribution in [0.1, 0.15) is 25.7 Å². The molecule has 0 aliphatic carbocycles. The minimum absolute atomic E-state index is 0.0418. The molecule has 108 valence electrons. The highest BCUT2D eigenvalue weighted by Gasteiger charge is 2.17. The average molecular weight is 276 g/mol. The second-order valence-electron chi connectivity index (χ2n) is 4.84. The SMILES string of the molecule is CCn1c([C@H](C)[NH2+]CCOC)nc2ccccc2c1=O. The molecule has 0 bridgehead atoms. The van der Waals surface area contributed by atoms with Crippen molar-refractivity contribution in [3.8, 4) is 0 Å². The van der Waals surface area contributed by atoms with Crippen molar-refractivity contribution < 1.29 is 10.1 Å². The number of rotatable bonds is 6. The molecule has 2 aromatic rings. The Hall–Kier alpha value is -1.72. The van der Waals surface area contributed by atoms with E-state index >= 15 is 0 Å². The topological polar surface area (TPSA) is 60.7 Å². The van der Waals surface area contributed by atoms with Gasteiger partial charge >= 0.3 is 0 Å². The van der Waals surface area contributed by atoms with E-state index in [4.69, 9.17) is 4.74 Å². The van der Waals surface area contributed by atoms with E-state index in [0.29, 0.717) is 18.5 Å². The van der Waals surface area contributed by atoms with Crippen molar-refractivity contribution in [3.05, 3.63) is 40.4 Å². The lowest BCUT2D eigenvalue weighted by molar-refractivity contribution is -0.695. The molecular formula is C15H22N3O2+. The number of methoxy groups -OCH3 is 1. The van der Waals surface area contributed by atoms with Gasteiger partial charge in [0.15, 0.2) is 5.82 Å². The second-order valence-corrected chi connectivity index (χ2v) is 4.84. The van der Waals surface area contributed by atoms with Gasteiger partial charge in [0, 0.05) is 13.7 Å². The molecule has 5 heteroatoms. The smallest absolute Gasteiger partial charge is 0.261 e. The van der Waals surface area contributed by atoms with Gasteiger partial charge in [-0.15, -0.1) is 0 Å². The lowest BCUT2D eigenvalue weighted by Crippen LogP contribution is -2.86. The van der Waals surface area contributed by atoms with Crippen molar-refractivity contribution in [3.63, 3.8) is 0 Å². The lowest BCUT2D eigenvalue weighted by Gasteiger charge is -2.16. The lowest BCUT2D eigenvalue weighted by atomic mass is 10.2. The normalized spacial score (nSPS) is 12.8. The highest BCUT2D eigenvalue weighted by Crippen LogP contribution is 2.11. The number of nitrogens with two attached hydrogens (primary N) is 1. The number of para-hydroxylation sites is 1. The summed E-state index contributed by atoms with van der Waals surface area (Å²) in [6, 6.07) is 7.64. The molecule has 1 aromatic carbocycles. The van der Waals surface area contributed by atoms with Gasteiger partial charge in [-0.25, -0.2) is 4.98 Å². The predicted molar refractivity (Wildman–Crippen MR) is 78.8 cm³/mol. The molecule has 0 aliphatic rings. The van der Waals surface area contributed by atoms with Crippen LogP contribution in [0.5, 0.6) is 0 Å². The molecule has 0 saturated carbocycles. The van der Waals surface area contributed by atoms with Crippen molar-refractivity contribution >= 4 is 10.9 Å². The summed E-state index contributed by atoms with van der Waals surface area (Å²) >= 11 is 0. The first-order valence-corrected chi connectivity index (χ1v) is 7.00. The maximum Gasteiger partial charge on any atom is 0.261 e. The van der Waals surface area contributed by atoms with Crippen LogP contribution in [0, 0.1) is 0 Å². The molecule has 5 nitrogen and oxygen atoms in total. The molecule has 0 amide bonds. The number of hydrogen-bond acceptors (Lipinski definition) is 3. The Kier molecular flexibility index (Phi) is 4.87. The van der Waals surface area contributed by atoms with Gasteiger partial charge in [-0.2, -0.15) is 0 Å². The number of ether oxygens (including phenoxy) is 1. The molecule has 1 atom stereocenters. The molecule has 2 rings (SSSR count). The molecule has 2 N–H and O–H groups in total. The van der Waals surface area contributed by atoms with Crippen LogP contribution in [-0.4, -0.2) is 29.8 Å². The van der Waals surface area contributed by atoms with Crippen LogP contribution < -0.4 is 10.9 Å². The van der Waals surface area contributed by atoms with E-state index in [0.717, 1.165) is 17.9 Å². The Morgan fingerprint density at radius 3 is 2.85 bits per heavy atom. The summed E-state index contributed by atoms with van der Waals surface area (Å²) in [5.41, 5.74) is 0.810. The molecule has 0 saturated heterocycles. The maximum absolute atomic E-state index is 12.5. The first-order valence-electron chi connectivity index (χ1n) is 7.00. The fourth-order valence-electron chi connectivity index (χ4n) is 2.38. The Bertz CT molecular complexity index is 637. The van der Waals surface area contributed by atoms with Crippen molar-refractivity contribution in [1.29, 1.82) is 0 Å². The van der Waals surface area contributed by atoms with Crippen molar-refractivity contribution in [2.75, 3.05) is 20.3 Å². The monoisotopic (exact) mass is 276 g/mol. The Balaban J connectivity index is 2.43. The maximum atomic E-state index is 12.5. The van der Waals surface area contributed by atoms with Crippen molar-refractivity contribution in [2.24, 2.45) is 0 Å². The summed E-state index contributed by atoms with van der Waals surface area (Å²) in [6.07, 6.45) is 0. The molecular weight excluding hydrogens is 254 g/mol. The summed E-state index contributed by atoms with van der Waals surface area (Å²) in [6.45, 7) is 6.22. The number of nitrogens with zero attached hydrogens (tertiary/aromatic N) is 2. The molecule has 0 aliphatic heterocycles. The number of fused-ring (bicyclic) bond motifs is 1. The van der Waals surface area contributed by atoms with Crippen LogP contribution in [0.4, 0.5) is 0 Å². The van der Waals surface area contributed by atoms with Crippen molar-refractivity contribution in [1.82, 2.24) is 9.55 Å². The summed E-state index contributed by atoms with van der Waals surface area (Å²) in [7, 11) is 1.69. The van der Waals surface area contributed by atoms with E-state index in [1.165, 1.54) is 0 Å². The fraction of sp³-hybridized carbons (Fsp3) is 0.467. The first kappa shape index (κ1) is 14.7. The van der Waals surface area contributed by atoms with E-state index < -0.39 is 0 Å². The number of aromatic nitrogens is 2. The minimum Gasteiger partial charge on any atom is -0.379 e. The number of hydrogen-bond donors (Lipinski definition) is 1. The third kappa shape index (κ3) is 2.89. The number of quaternary nitrogens is 1. The number of benzene rings is 1. The molecule has 0 fully saturated rings. The summed E-state index contributed by atoms with van der Waals surface area (Å²) in [5.74, 6) is 0.826. The zero-order chi connectivity index (χ0) is 14.5. The van der Waals surface area contributed by atoms with E-state index in [2.05, 4.69) is 17.2 Å². The standard InChI is InChI=1S/C15H21N3O2/c1-4-18-14(11(2)16-9-10-20-3)17-13-8-6-5-7-12(13)15(18)19/h5-8,11,16H,4,9-10H2,1-3H3/p+1/t11-/m0/s1. The van der Waals surface area contributed by atoms with Gasteiger partial charge in [0.05, 0.1) is 24.1 Å². The van der Waals surface area contributed by atoms with Crippen LogP contribution in [0.2, 0.25) is 0 Å². The highest BCUT2D eigenvalue weighted by molar-refractivity contribution is 5.77. The zero-order valence-electron chi connectivity index (χ0n) is 12.3. The van der Waals surface area contributed by atoms with Crippen molar-refractivity contribution in [2.45, 2.75) is 26.4 Å². The van der Waals surface area contributed by atoms with E-state index in [1.54, 1.807) is 11.7 Å². The van der Waals surface area contributed by atoms with E-state index in [9.17, 15) is 4.79 Å². The zero-order valence-corrected chi connectivity index (χ0v) is 12.3. The Labute approximate surface area is 118 Å². The summed E-state index contributed by atoms with van der Waals surface area (Å²) < 4.78 is 6.82. The molecule has 20 heavy (non-hydrogen) atoms. The van der Waals surface area contributed by atoms with Crippen LogP contribution in [0.15, 0.2) is 29.1 Å². The summed E-state index contributed by atoms with van der Waals surface area (Å²) in [5, 5.41) is 2.83. The predicted octanol–water partition coefficient (Wildman–Crippen LogP) is 0.687. The van der Waals surface area contributed by atoms with Crippen LogP contribution in [0.25, 0.3) is 10.9 Å². The van der Waals surface area contributed by atoms with Gasteiger partial charge in [-0.05, 0) is 26.0 Å². The van der Waals surface area contributed by atoms with Gasteiger partial charge in [0.1, 0.15) is 6.04 Å². The van der Waals surface area contributed by atoms with Gasteiger partial charge < -0.3 is 10.1 Å². The first-order chi connectivity index (χ1) is 9.69. The summed E-state index contributed by atoms with van der Waals surface area (Å²) in [4.78, 5) is 17.2. The molecule has 1 aromatic heterocycles.